The molecule has 1 saturated heterocycles. The number of nitrogens with zero attached hydrogens (tertiary/aromatic N) is 2. The number of rotatable bonds is 1. The first kappa shape index (κ1) is 14.8. The second kappa shape index (κ2) is 5.28. The average molecular weight is 313 g/mol. The Morgan fingerprint density at radius 1 is 1.36 bits per heavy atom. The molecule has 0 spiro atoms. The minimum absolute atomic E-state index is 0.0679. The molecule has 5 nitrogen and oxygen atoms in total. The highest BCUT2D eigenvalue weighted by molar-refractivity contribution is 5.88. The Morgan fingerprint density at radius 2 is 2.14 bits per heavy atom. The maximum absolute atomic E-state index is 12.9. The molecule has 0 radical (unpaired) electrons. The third kappa shape index (κ3) is 2.54. The first-order chi connectivity index (χ1) is 10.4. The van der Waals surface area contributed by atoms with Crippen LogP contribution in [0.1, 0.15) is 24.4 Å². The van der Waals surface area contributed by atoms with E-state index >= 15 is 0 Å². The van der Waals surface area contributed by atoms with Gasteiger partial charge in [0.05, 0.1) is 23.7 Å². The molecule has 1 aliphatic rings. The van der Waals surface area contributed by atoms with E-state index in [9.17, 15) is 18.0 Å². The normalized spacial score (nSPS) is 19.5. The van der Waals surface area contributed by atoms with Gasteiger partial charge in [-0.15, -0.1) is 0 Å². The van der Waals surface area contributed by atoms with Gasteiger partial charge in [0.2, 0.25) is 0 Å². The number of anilines is 1. The SMILES string of the molecule is Nc1nc(=O)n([C@@H]2CCCOC2)c2cc(C(F)(F)F)ccc12. The molecule has 1 aliphatic heterocycles. The number of alkyl halides is 3. The lowest BCUT2D eigenvalue weighted by atomic mass is 10.1. The molecule has 1 atom stereocenters. The lowest BCUT2D eigenvalue weighted by Gasteiger charge is -2.25. The van der Waals surface area contributed by atoms with E-state index in [0.717, 1.165) is 18.6 Å². The van der Waals surface area contributed by atoms with Crippen molar-refractivity contribution >= 4 is 16.7 Å². The summed E-state index contributed by atoms with van der Waals surface area (Å²) in [6, 6.07) is 2.80. The van der Waals surface area contributed by atoms with Gasteiger partial charge >= 0.3 is 11.9 Å². The summed E-state index contributed by atoms with van der Waals surface area (Å²) in [6.45, 7) is 0.857. The Hall–Kier alpha value is -2.09. The molecule has 1 aromatic carbocycles. The van der Waals surface area contributed by atoms with Crippen LogP contribution in [0.5, 0.6) is 0 Å². The Bertz CT molecular complexity index is 764. The summed E-state index contributed by atoms with van der Waals surface area (Å²) in [7, 11) is 0. The van der Waals surface area contributed by atoms with Crippen molar-refractivity contribution in [2.75, 3.05) is 18.9 Å². The average Bonchev–Trinajstić information content (AvgIpc) is 2.47. The number of fused-ring (bicyclic) bond motifs is 1. The first-order valence-corrected chi connectivity index (χ1v) is 6.84. The van der Waals surface area contributed by atoms with Crippen LogP contribution in [-0.4, -0.2) is 22.8 Å². The molecular formula is C14H14F3N3O2. The van der Waals surface area contributed by atoms with Gasteiger partial charge in [0.25, 0.3) is 0 Å². The summed E-state index contributed by atoms with van der Waals surface area (Å²) < 4.78 is 45.4. The van der Waals surface area contributed by atoms with Crippen LogP contribution in [0.4, 0.5) is 19.0 Å². The maximum Gasteiger partial charge on any atom is 0.416 e. The molecule has 1 fully saturated rings. The Morgan fingerprint density at radius 3 is 2.77 bits per heavy atom. The zero-order chi connectivity index (χ0) is 15.9. The van der Waals surface area contributed by atoms with Crippen molar-refractivity contribution in [2.24, 2.45) is 0 Å². The van der Waals surface area contributed by atoms with Gasteiger partial charge in [-0.3, -0.25) is 4.57 Å². The number of halogens is 3. The second-order valence-electron chi connectivity index (χ2n) is 5.25. The van der Waals surface area contributed by atoms with Crippen LogP contribution in [0, 0.1) is 0 Å². The molecule has 0 bridgehead atoms. The predicted octanol–water partition coefficient (Wildman–Crippen LogP) is 2.35. The van der Waals surface area contributed by atoms with Crippen molar-refractivity contribution < 1.29 is 17.9 Å². The minimum atomic E-state index is -4.49. The minimum Gasteiger partial charge on any atom is -0.383 e. The molecule has 2 heterocycles. The van der Waals surface area contributed by atoms with Crippen molar-refractivity contribution in [1.82, 2.24) is 9.55 Å². The molecule has 0 aliphatic carbocycles. The Labute approximate surface area is 123 Å². The number of nitrogens with two attached hydrogens (primary N) is 1. The smallest absolute Gasteiger partial charge is 0.383 e. The second-order valence-corrected chi connectivity index (χ2v) is 5.25. The maximum atomic E-state index is 12.9. The largest absolute Gasteiger partial charge is 0.416 e. The monoisotopic (exact) mass is 313 g/mol. The number of benzene rings is 1. The number of nitrogen functional groups attached to an aromatic ring is 1. The number of ether oxygens (including phenoxy) is 1. The lowest BCUT2D eigenvalue weighted by molar-refractivity contribution is -0.137. The molecule has 118 valence electrons. The topological polar surface area (TPSA) is 70.1 Å². The van der Waals surface area contributed by atoms with Crippen LogP contribution >= 0.6 is 0 Å². The van der Waals surface area contributed by atoms with E-state index in [1.165, 1.54) is 10.6 Å². The molecule has 2 N–H and O–H groups in total. The van der Waals surface area contributed by atoms with E-state index in [4.69, 9.17) is 10.5 Å². The van der Waals surface area contributed by atoms with Gasteiger partial charge in [-0.25, -0.2) is 4.79 Å². The quantitative estimate of drug-likeness (QED) is 0.877. The van der Waals surface area contributed by atoms with Crippen molar-refractivity contribution in [2.45, 2.75) is 25.1 Å². The molecule has 3 rings (SSSR count). The third-order valence-corrected chi connectivity index (χ3v) is 3.78. The van der Waals surface area contributed by atoms with Crippen LogP contribution in [0.3, 0.4) is 0 Å². The number of hydrogen-bond acceptors (Lipinski definition) is 4. The van der Waals surface area contributed by atoms with Crippen molar-refractivity contribution in [1.29, 1.82) is 0 Å². The van der Waals surface area contributed by atoms with Crippen LogP contribution in [0.2, 0.25) is 0 Å². The molecule has 0 unspecified atom stereocenters. The fraction of sp³-hybridized carbons (Fsp3) is 0.429. The third-order valence-electron chi connectivity index (χ3n) is 3.78. The molecule has 1 aromatic heterocycles. The first-order valence-electron chi connectivity index (χ1n) is 6.84. The van der Waals surface area contributed by atoms with Crippen molar-refractivity contribution in [3.05, 3.63) is 34.2 Å². The zero-order valence-corrected chi connectivity index (χ0v) is 11.6. The van der Waals surface area contributed by atoms with Crippen molar-refractivity contribution in [3.63, 3.8) is 0 Å². The summed E-state index contributed by atoms with van der Waals surface area (Å²) in [5.74, 6) is -0.0679. The van der Waals surface area contributed by atoms with Crippen LogP contribution in [-0.2, 0) is 10.9 Å². The highest BCUT2D eigenvalue weighted by atomic mass is 19.4. The Balaban J connectivity index is 2.26. The van der Waals surface area contributed by atoms with Crippen molar-refractivity contribution in [3.8, 4) is 0 Å². The van der Waals surface area contributed by atoms with E-state index in [0.29, 0.717) is 18.4 Å². The fourth-order valence-corrected chi connectivity index (χ4v) is 2.72. The number of hydrogen-bond donors (Lipinski definition) is 1. The van der Waals surface area contributed by atoms with Crippen LogP contribution in [0.15, 0.2) is 23.0 Å². The fourth-order valence-electron chi connectivity index (χ4n) is 2.72. The van der Waals surface area contributed by atoms with E-state index in [-0.39, 0.29) is 24.0 Å². The van der Waals surface area contributed by atoms with Crippen LogP contribution in [0.25, 0.3) is 10.9 Å². The van der Waals surface area contributed by atoms with E-state index < -0.39 is 17.4 Å². The van der Waals surface area contributed by atoms with Gasteiger partial charge in [0.15, 0.2) is 0 Å². The van der Waals surface area contributed by atoms with Gasteiger partial charge in [0.1, 0.15) is 5.82 Å². The highest BCUT2D eigenvalue weighted by Gasteiger charge is 2.31. The molecule has 2 aromatic rings. The summed E-state index contributed by atoms with van der Waals surface area (Å²) >= 11 is 0. The van der Waals surface area contributed by atoms with Gasteiger partial charge in [-0.1, -0.05) is 0 Å². The van der Waals surface area contributed by atoms with Crippen LogP contribution < -0.4 is 11.4 Å². The predicted molar refractivity (Wildman–Crippen MR) is 74.5 cm³/mol. The molecule has 0 saturated carbocycles. The van der Waals surface area contributed by atoms with E-state index in [2.05, 4.69) is 4.98 Å². The lowest BCUT2D eigenvalue weighted by Crippen LogP contribution is -2.33. The molecule has 0 amide bonds. The summed E-state index contributed by atoms with van der Waals surface area (Å²) in [5.41, 5.74) is 4.34. The zero-order valence-electron chi connectivity index (χ0n) is 11.6. The van der Waals surface area contributed by atoms with Gasteiger partial charge in [0, 0.05) is 12.0 Å². The summed E-state index contributed by atoms with van der Waals surface area (Å²) in [6.07, 6.45) is -3.10. The summed E-state index contributed by atoms with van der Waals surface area (Å²) in [5, 5.41) is 0.332. The van der Waals surface area contributed by atoms with Gasteiger partial charge < -0.3 is 10.5 Å². The molecule has 22 heavy (non-hydrogen) atoms. The Kier molecular flexibility index (Phi) is 3.56. The highest BCUT2D eigenvalue weighted by Crippen LogP contribution is 2.33. The van der Waals surface area contributed by atoms with E-state index in [1.54, 1.807) is 0 Å². The standard InChI is InChI=1S/C14H14F3N3O2/c15-14(16,17)8-3-4-10-11(6-8)20(13(21)19-12(10)18)9-2-1-5-22-7-9/h3-4,6,9H,1-2,5,7H2,(H2,18,19,21)/t9-/m1/s1. The van der Waals surface area contributed by atoms with Gasteiger partial charge in [-0.05, 0) is 31.0 Å². The summed E-state index contributed by atoms with van der Waals surface area (Å²) in [4.78, 5) is 15.9. The number of aromatic nitrogens is 2. The molecule has 8 heteroatoms. The van der Waals surface area contributed by atoms with Gasteiger partial charge in [-0.2, -0.15) is 18.2 Å². The molecular weight excluding hydrogens is 299 g/mol. The van der Waals surface area contributed by atoms with E-state index in [1.807, 2.05) is 0 Å².